The molecule has 0 saturated carbocycles. The van der Waals surface area contributed by atoms with Gasteiger partial charge in [0, 0.05) is 18.0 Å². The molecule has 94 valence electrons. The van der Waals surface area contributed by atoms with Crippen LogP contribution in [0.4, 0.5) is 5.69 Å². The number of aryl methyl sites for hydroxylation is 1. The number of nitrogens with zero attached hydrogens (tertiary/aromatic N) is 3. The van der Waals surface area contributed by atoms with Crippen molar-refractivity contribution in [3.8, 4) is 11.3 Å². The van der Waals surface area contributed by atoms with Crippen LogP contribution in [0.25, 0.3) is 16.9 Å². The number of hydrogen-bond acceptors (Lipinski definition) is 3. The number of nitro groups is 1. The number of pyridine rings is 1. The highest BCUT2D eigenvalue weighted by atomic mass is 16.6. The van der Waals surface area contributed by atoms with E-state index in [-0.39, 0.29) is 10.6 Å². The van der Waals surface area contributed by atoms with Gasteiger partial charge in [0.25, 0.3) is 5.69 Å². The van der Waals surface area contributed by atoms with Crippen LogP contribution in [0.3, 0.4) is 0 Å². The molecule has 0 aliphatic heterocycles. The van der Waals surface area contributed by atoms with E-state index in [9.17, 15) is 10.1 Å². The van der Waals surface area contributed by atoms with E-state index in [1.807, 2.05) is 35.7 Å². The van der Waals surface area contributed by atoms with E-state index in [2.05, 4.69) is 4.98 Å². The lowest BCUT2D eigenvalue weighted by atomic mass is 10.1. The largest absolute Gasteiger partial charge is 0.304 e. The van der Waals surface area contributed by atoms with Gasteiger partial charge in [0.2, 0.25) is 0 Å². The van der Waals surface area contributed by atoms with Gasteiger partial charge in [0.05, 0.1) is 16.2 Å². The summed E-state index contributed by atoms with van der Waals surface area (Å²) in [6.45, 7) is 1.97. The Kier molecular flexibility index (Phi) is 2.52. The van der Waals surface area contributed by atoms with Crippen molar-refractivity contribution in [1.29, 1.82) is 0 Å². The summed E-state index contributed by atoms with van der Waals surface area (Å²) in [5.74, 6) is 0. The summed E-state index contributed by atoms with van der Waals surface area (Å²) in [5.41, 5.74) is 3.05. The van der Waals surface area contributed by atoms with Crippen LogP contribution in [0.5, 0.6) is 0 Å². The Morgan fingerprint density at radius 1 is 1.16 bits per heavy atom. The van der Waals surface area contributed by atoms with Crippen molar-refractivity contribution in [1.82, 2.24) is 9.38 Å². The molecule has 5 nitrogen and oxygen atoms in total. The smallest absolute Gasteiger partial charge is 0.278 e. The summed E-state index contributed by atoms with van der Waals surface area (Å²) in [4.78, 5) is 15.1. The van der Waals surface area contributed by atoms with Gasteiger partial charge >= 0.3 is 0 Å². The topological polar surface area (TPSA) is 60.4 Å². The van der Waals surface area contributed by atoms with Gasteiger partial charge in [-0.2, -0.15) is 0 Å². The Hall–Kier alpha value is -2.69. The van der Waals surface area contributed by atoms with Gasteiger partial charge in [-0.15, -0.1) is 0 Å². The molecule has 0 atom stereocenters. The van der Waals surface area contributed by atoms with Crippen molar-refractivity contribution < 1.29 is 4.92 Å². The molecule has 0 aliphatic rings. The zero-order valence-electron chi connectivity index (χ0n) is 10.3. The molecule has 5 heteroatoms. The summed E-state index contributed by atoms with van der Waals surface area (Å²) in [6, 6.07) is 12.4. The Bertz CT molecular complexity index is 777. The number of hydrogen-bond donors (Lipinski definition) is 0. The molecule has 3 rings (SSSR count). The first-order chi connectivity index (χ1) is 9.16. The summed E-state index contributed by atoms with van der Waals surface area (Å²) in [7, 11) is 0. The van der Waals surface area contributed by atoms with Crippen LogP contribution in [0.15, 0.2) is 48.7 Å². The molecule has 0 spiro atoms. The van der Waals surface area contributed by atoms with Gasteiger partial charge in [-0.3, -0.25) is 10.1 Å². The summed E-state index contributed by atoms with van der Waals surface area (Å²) in [5, 5.41) is 11.0. The molecule has 0 radical (unpaired) electrons. The molecule has 0 saturated heterocycles. The number of benzene rings is 1. The van der Waals surface area contributed by atoms with E-state index in [1.54, 1.807) is 18.2 Å². The van der Waals surface area contributed by atoms with Crippen molar-refractivity contribution in [2.75, 3.05) is 0 Å². The molecule has 1 aromatic carbocycles. The fourth-order valence-electron chi connectivity index (χ4n) is 2.13. The van der Waals surface area contributed by atoms with Crippen LogP contribution in [0.2, 0.25) is 0 Å². The second-order valence-electron chi connectivity index (χ2n) is 4.30. The minimum absolute atomic E-state index is 0.0727. The molecule has 3 aromatic rings. The third-order valence-electron chi connectivity index (χ3n) is 3.07. The highest BCUT2D eigenvalue weighted by molar-refractivity contribution is 5.72. The first kappa shape index (κ1) is 11.4. The number of rotatable bonds is 2. The van der Waals surface area contributed by atoms with Gasteiger partial charge in [-0.1, -0.05) is 18.2 Å². The maximum atomic E-state index is 11.0. The summed E-state index contributed by atoms with van der Waals surface area (Å²) in [6.07, 6.45) is 1.83. The monoisotopic (exact) mass is 253 g/mol. The molecular weight excluding hydrogens is 242 g/mol. The van der Waals surface area contributed by atoms with E-state index >= 15 is 0 Å². The van der Waals surface area contributed by atoms with Crippen molar-refractivity contribution in [2.24, 2.45) is 0 Å². The van der Waals surface area contributed by atoms with Crippen LogP contribution < -0.4 is 0 Å². The number of fused-ring (bicyclic) bond motifs is 1. The van der Waals surface area contributed by atoms with Crippen LogP contribution in [0, 0.1) is 17.0 Å². The zero-order chi connectivity index (χ0) is 13.4. The lowest BCUT2D eigenvalue weighted by Crippen LogP contribution is -1.91. The van der Waals surface area contributed by atoms with Gasteiger partial charge in [0.1, 0.15) is 5.65 Å². The molecule has 0 N–H and O–H groups in total. The SMILES string of the molecule is Cc1cccc2nc(-c3ccccc3[N+](=O)[O-])cn12. The van der Waals surface area contributed by atoms with Gasteiger partial charge in [0.15, 0.2) is 0 Å². The van der Waals surface area contributed by atoms with Crippen LogP contribution in [-0.4, -0.2) is 14.3 Å². The molecular formula is C14H11N3O2. The molecule has 19 heavy (non-hydrogen) atoms. The van der Waals surface area contributed by atoms with Gasteiger partial charge in [-0.05, 0) is 25.1 Å². The predicted molar refractivity (Wildman–Crippen MR) is 72.0 cm³/mol. The average molecular weight is 253 g/mol. The maximum Gasteiger partial charge on any atom is 0.278 e. The second-order valence-corrected chi connectivity index (χ2v) is 4.30. The minimum atomic E-state index is -0.383. The van der Waals surface area contributed by atoms with E-state index in [1.165, 1.54) is 6.07 Å². The lowest BCUT2D eigenvalue weighted by Gasteiger charge is -1.98. The van der Waals surface area contributed by atoms with Crippen molar-refractivity contribution >= 4 is 11.3 Å². The minimum Gasteiger partial charge on any atom is -0.304 e. The van der Waals surface area contributed by atoms with Crippen molar-refractivity contribution in [3.05, 3.63) is 64.5 Å². The molecule has 0 bridgehead atoms. The maximum absolute atomic E-state index is 11.0. The summed E-state index contributed by atoms with van der Waals surface area (Å²) < 4.78 is 1.92. The van der Waals surface area contributed by atoms with Gasteiger partial charge < -0.3 is 4.40 Å². The second kappa shape index (κ2) is 4.20. The number of imidazole rings is 1. The zero-order valence-corrected chi connectivity index (χ0v) is 10.3. The molecule has 0 aliphatic carbocycles. The van der Waals surface area contributed by atoms with E-state index in [4.69, 9.17) is 0 Å². The number of nitro benzene ring substituents is 1. The molecule has 0 fully saturated rings. The third-order valence-corrected chi connectivity index (χ3v) is 3.07. The van der Waals surface area contributed by atoms with Crippen molar-refractivity contribution in [2.45, 2.75) is 6.92 Å². The fraction of sp³-hybridized carbons (Fsp3) is 0.0714. The molecule has 2 heterocycles. The average Bonchev–Trinajstić information content (AvgIpc) is 2.84. The highest BCUT2D eigenvalue weighted by Crippen LogP contribution is 2.29. The Labute approximate surface area is 109 Å². The van der Waals surface area contributed by atoms with E-state index < -0.39 is 0 Å². The van der Waals surface area contributed by atoms with Crippen molar-refractivity contribution in [3.63, 3.8) is 0 Å². The standard InChI is InChI=1S/C14H11N3O2/c1-10-5-4-8-14-15-12(9-16(10)14)11-6-2-3-7-13(11)17(18)19/h2-9H,1H3. The van der Waals surface area contributed by atoms with Crippen LogP contribution >= 0.6 is 0 Å². The molecule has 0 amide bonds. The Morgan fingerprint density at radius 3 is 2.68 bits per heavy atom. The predicted octanol–water partition coefficient (Wildman–Crippen LogP) is 3.22. The first-order valence-corrected chi connectivity index (χ1v) is 5.85. The van der Waals surface area contributed by atoms with E-state index in [0.29, 0.717) is 11.3 Å². The van der Waals surface area contributed by atoms with Crippen LogP contribution in [-0.2, 0) is 0 Å². The number of aromatic nitrogens is 2. The normalized spacial score (nSPS) is 10.8. The first-order valence-electron chi connectivity index (χ1n) is 5.85. The third kappa shape index (κ3) is 1.85. The molecule has 0 unspecified atom stereocenters. The lowest BCUT2D eigenvalue weighted by molar-refractivity contribution is -0.384. The molecule has 2 aromatic heterocycles. The van der Waals surface area contributed by atoms with Crippen LogP contribution in [0.1, 0.15) is 5.69 Å². The Balaban J connectivity index is 2.25. The van der Waals surface area contributed by atoms with E-state index in [0.717, 1.165) is 11.3 Å². The highest BCUT2D eigenvalue weighted by Gasteiger charge is 2.16. The number of para-hydroxylation sites is 1. The Morgan fingerprint density at radius 2 is 1.95 bits per heavy atom. The van der Waals surface area contributed by atoms with Gasteiger partial charge in [-0.25, -0.2) is 4.98 Å². The summed E-state index contributed by atoms with van der Waals surface area (Å²) >= 11 is 0. The quantitative estimate of drug-likeness (QED) is 0.520. The fourth-order valence-corrected chi connectivity index (χ4v) is 2.13.